The van der Waals surface area contributed by atoms with Gasteiger partial charge in [0, 0.05) is 16.3 Å². The van der Waals surface area contributed by atoms with Crippen LogP contribution in [0.25, 0.3) is 0 Å². The monoisotopic (exact) mass is 232 g/mol. The Balaban J connectivity index is 2.16. The molecule has 1 heterocycles. The SMILES string of the molecule is Cc1ccnc(C#N)c1SC1CCCCC1. The zero-order chi connectivity index (χ0) is 11.4. The van der Waals surface area contributed by atoms with Gasteiger partial charge in [0.2, 0.25) is 0 Å². The first-order valence-corrected chi connectivity index (χ1v) is 6.71. The molecule has 1 aromatic rings. The summed E-state index contributed by atoms with van der Waals surface area (Å²) in [5, 5.41) is 9.73. The summed E-state index contributed by atoms with van der Waals surface area (Å²) in [6.45, 7) is 2.06. The number of nitriles is 1. The number of thioether (sulfide) groups is 1. The minimum Gasteiger partial charge on any atom is -0.244 e. The molecule has 0 aromatic carbocycles. The largest absolute Gasteiger partial charge is 0.244 e. The maximum atomic E-state index is 9.05. The van der Waals surface area contributed by atoms with Crippen LogP contribution in [0.15, 0.2) is 17.2 Å². The van der Waals surface area contributed by atoms with Gasteiger partial charge in [-0.1, -0.05) is 19.3 Å². The summed E-state index contributed by atoms with van der Waals surface area (Å²) < 4.78 is 0. The first-order chi connectivity index (χ1) is 7.81. The Bertz CT molecular complexity index is 403. The lowest BCUT2D eigenvalue weighted by atomic mass is 10.0. The molecule has 0 aliphatic heterocycles. The Kier molecular flexibility index (Phi) is 3.84. The van der Waals surface area contributed by atoms with Crippen molar-refractivity contribution in [3.05, 3.63) is 23.5 Å². The van der Waals surface area contributed by atoms with Crippen molar-refractivity contribution in [2.75, 3.05) is 0 Å². The third-order valence-corrected chi connectivity index (χ3v) is 4.60. The fourth-order valence-electron chi connectivity index (χ4n) is 2.12. The van der Waals surface area contributed by atoms with Crippen molar-refractivity contribution < 1.29 is 0 Å². The molecule has 1 aliphatic carbocycles. The van der Waals surface area contributed by atoms with Gasteiger partial charge in [0.05, 0.1) is 0 Å². The second kappa shape index (κ2) is 5.36. The van der Waals surface area contributed by atoms with E-state index in [9.17, 15) is 0 Å². The maximum absolute atomic E-state index is 9.05. The van der Waals surface area contributed by atoms with E-state index in [1.165, 1.54) is 37.7 Å². The van der Waals surface area contributed by atoms with Gasteiger partial charge in [-0.2, -0.15) is 5.26 Å². The zero-order valence-electron chi connectivity index (χ0n) is 9.57. The number of nitrogens with zero attached hydrogens (tertiary/aromatic N) is 2. The summed E-state index contributed by atoms with van der Waals surface area (Å²) in [7, 11) is 0. The highest BCUT2D eigenvalue weighted by atomic mass is 32.2. The number of hydrogen-bond donors (Lipinski definition) is 0. The van der Waals surface area contributed by atoms with E-state index in [0.717, 1.165) is 4.90 Å². The van der Waals surface area contributed by atoms with Crippen LogP contribution in [0.5, 0.6) is 0 Å². The van der Waals surface area contributed by atoms with Gasteiger partial charge < -0.3 is 0 Å². The van der Waals surface area contributed by atoms with Crippen LogP contribution in [0.2, 0.25) is 0 Å². The second-order valence-corrected chi connectivity index (χ2v) is 5.61. The molecule has 0 N–H and O–H groups in total. The Morgan fingerprint density at radius 1 is 1.38 bits per heavy atom. The van der Waals surface area contributed by atoms with Gasteiger partial charge in [-0.15, -0.1) is 11.8 Å². The summed E-state index contributed by atoms with van der Waals surface area (Å²) in [4.78, 5) is 5.24. The highest BCUT2D eigenvalue weighted by molar-refractivity contribution is 8.00. The van der Waals surface area contributed by atoms with Crippen LogP contribution in [0, 0.1) is 18.3 Å². The van der Waals surface area contributed by atoms with E-state index in [1.807, 2.05) is 17.8 Å². The van der Waals surface area contributed by atoms with Crippen LogP contribution in [0.4, 0.5) is 0 Å². The lowest BCUT2D eigenvalue weighted by Gasteiger charge is -2.21. The van der Waals surface area contributed by atoms with E-state index in [1.54, 1.807) is 6.20 Å². The quantitative estimate of drug-likeness (QED) is 0.780. The fourth-order valence-corrected chi connectivity index (χ4v) is 3.49. The molecule has 0 atom stereocenters. The smallest absolute Gasteiger partial charge is 0.154 e. The first-order valence-electron chi connectivity index (χ1n) is 5.83. The Morgan fingerprint density at radius 2 is 2.12 bits per heavy atom. The van der Waals surface area contributed by atoms with Crippen molar-refractivity contribution in [3.8, 4) is 6.07 Å². The molecule has 2 rings (SSSR count). The molecule has 0 spiro atoms. The van der Waals surface area contributed by atoms with Crippen LogP contribution in [0.1, 0.15) is 43.4 Å². The van der Waals surface area contributed by atoms with Gasteiger partial charge in [0.25, 0.3) is 0 Å². The van der Waals surface area contributed by atoms with Crippen molar-refractivity contribution >= 4 is 11.8 Å². The average Bonchev–Trinajstić information content (AvgIpc) is 2.33. The Labute approximate surface area is 101 Å². The number of aryl methyl sites for hydroxylation is 1. The molecule has 0 radical (unpaired) electrons. The standard InChI is InChI=1S/C13H16N2S/c1-10-7-8-15-12(9-14)13(10)16-11-5-3-2-4-6-11/h7-8,11H,2-6H2,1H3. The molecule has 1 aliphatic rings. The summed E-state index contributed by atoms with van der Waals surface area (Å²) in [6, 6.07) is 4.19. The van der Waals surface area contributed by atoms with Gasteiger partial charge in [-0.25, -0.2) is 4.98 Å². The van der Waals surface area contributed by atoms with E-state index in [2.05, 4.69) is 18.0 Å². The second-order valence-electron chi connectivity index (χ2n) is 4.30. The predicted octanol–water partition coefficient (Wildman–Crippen LogP) is 3.69. The summed E-state index contributed by atoms with van der Waals surface area (Å²) >= 11 is 1.86. The summed E-state index contributed by atoms with van der Waals surface area (Å²) in [5.41, 5.74) is 1.78. The molecule has 0 bridgehead atoms. The van der Waals surface area contributed by atoms with Crippen LogP contribution < -0.4 is 0 Å². The topological polar surface area (TPSA) is 36.7 Å². The Morgan fingerprint density at radius 3 is 2.81 bits per heavy atom. The van der Waals surface area contributed by atoms with Crippen molar-refractivity contribution in [1.29, 1.82) is 5.26 Å². The van der Waals surface area contributed by atoms with E-state index in [-0.39, 0.29) is 0 Å². The molecule has 2 nitrogen and oxygen atoms in total. The fraction of sp³-hybridized carbons (Fsp3) is 0.538. The first kappa shape index (κ1) is 11.5. The third-order valence-electron chi connectivity index (χ3n) is 3.04. The lowest BCUT2D eigenvalue weighted by molar-refractivity contribution is 0.516. The summed E-state index contributed by atoms with van der Waals surface area (Å²) in [5.74, 6) is 0. The van der Waals surface area contributed by atoms with E-state index in [0.29, 0.717) is 10.9 Å². The van der Waals surface area contributed by atoms with Crippen LogP contribution in [-0.4, -0.2) is 10.2 Å². The number of hydrogen-bond acceptors (Lipinski definition) is 3. The Hall–Kier alpha value is -1.01. The highest BCUT2D eigenvalue weighted by Gasteiger charge is 2.17. The molecule has 1 aromatic heterocycles. The van der Waals surface area contributed by atoms with E-state index in [4.69, 9.17) is 5.26 Å². The lowest BCUT2D eigenvalue weighted by Crippen LogP contribution is -2.08. The van der Waals surface area contributed by atoms with Crippen molar-refractivity contribution in [3.63, 3.8) is 0 Å². The van der Waals surface area contributed by atoms with Crippen molar-refractivity contribution in [1.82, 2.24) is 4.98 Å². The average molecular weight is 232 g/mol. The molecule has 84 valence electrons. The van der Waals surface area contributed by atoms with Crippen LogP contribution >= 0.6 is 11.8 Å². The minimum absolute atomic E-state index is 0.593. The number of rotatable bonds is 2. The molecular weight excluding hydrogens is 216 g/mol. The molecule has 0 unspecified atom stereocenters. The van der Waals surface area contributed by atoms with Crippen LogP contribution in [0.3, 0.4) is 0 Å². The predicted molar refractivity (Wildman–Crippen MR) is 66.4 cm³/mol. The summed E-state index contributed by atoms with van der Waals surface area (Å²) in [6.07, 6.45) is 8.32. The van der Waals surface area contributed by atoms with Crippen molar-refractivity contribution in [2.24, 2.45) is 0 Å². The number of pyridine rings is 1. The van der Waals surface area contributed by atoms with Crippen LogP contribution in [-0.2, 0) is 0 Å². The molecule has 3 heteroatoms. The third kappa shape index (κ3) is 2.56. The van der Waals surface area contributed by atoms with Gasteiger partial charge in [0.15, 0.2) is 5.69 Å². The zero-order valence-corrected chi connectivity index (χ0v) is 10.4. The molecule has 1 fully saturated rings. The highest BCUT2D eigenvalue weighted by Crippen LogP contribution is 2.36. The van der Waals surface area contributed by atoms with Crippen molar-refractivity contribution in [2.45, 2.75) is 49.2 Å². The molecule has 1 saturated carbocycles. The van der Waals surface area contributed by atoms with Gasteiger partial charge in [0.1, 0.15) is 6.07 Å². The maximum Gasteiger partial charge on any atom is 0.154 e. The molecule has 0 saturated heterocycles. The molecule has 16 heavy (non-hydrogen) atoms. The molecular formula is C13H16N2S. The molecule has 0 amide bonds. The minimum atomic E-state index is 0.593. The van der Waals surface area contributed by atoms with Gasteiger partial charge in [-0.05, 0) is 31.4 Å². The van der Waals surface area contributed by atoms with E-state index >= 15 is 0 Å². The normalized spacial score (nSPS) is 17.0. The van der Waals surface area contributed by atoms with Gasteiger partial charge >= 0.3 is 0 Å². The van der Waals surface area contributed by atoms with Gasteiger partial charge in [-0.3, -0.25) is 0 Å². The number of aromatic nitrogens is 1. The van der Waals surface area contributed by atoms with E-state index < -0.39 is 0 Å².